The first-order chi connectivity index (χ1) is 13.1. The minimum absolute atomic E-state index is 0.164. The van der Waals surface area contributed by atoms with Gasteiger partial charge in [-0.2, -0.15) is 0 Å². The molecule has 0 unspecified atom stereocenters. The Kier molecular flexibility index (Phi) is 4.90. The van der Waals surface area contributed by atoms with Crippen molar-refractivity contribution in [2.75, 3.05) is 5.32 Å². The molecule has 0 aliphatic heterocycles. The minimum Gasteiger partial charge on any atom is -0.459 e. The molecule has 0 spiro atoms. The molecule has 0 bridgehead atoms. The van der Waals surface area contributed by atoms with Crippen molar-refractivity contribution in [3.05, 3.63) is 70.2 Å². The summed E-state index contributed by atoms with van der Waals surface area (Å²) >= 11 is 7.42. The van der Waals surface area contributed by atoms with E-state index < -0.39 is 5.91 Å². The first-order valence-corrected chi connectivity index (χ1v) is 9.39. The van der Waals surface area contributed by atoms with E-state index in [0.717, 1.165) is 9.13 Å². The highest BCUT2D eigenvalue weighted by Crippen LogP contribution is 2.26. The molecule has 2 N–H and O–H groups in total. The summed E-state index contributed by atoms with van der Waals surface area (Å²) in [5.74, 6) is 0.321. The van der Waals surface area contributed by atoms with Crippen molar-refractivity contribution in [1.82, 2.24) is 10.3 Å². The Morgan fingerprint density at radius 1 is 1.11 bits per heavy atom. The van der Waals surface area contributed by atoms with Gasteiger partial charge >= 0.3 is 0 Å². The van der Waals surface area contributed by atoms with E-state index in [1.807, 2.05) is 24.3 Å². The van der Waals surface area contributed by atoms with Gasteiger partial charge in [-0.3, -0.25) is 10.1 Å². The number of oxazole rings is 1. The zero-order valence-corrected chi connectivity index (χ0v) is 16.7. The van der Waals surface area contributed by atoms with Crippen LogP contribution in [0.2, 0.25) is 0 Å². The molecule has 2 aromatic carbocycles. The number of amides is 1. The van der Waals surface area contributed by atoms with Crippen LogP contribution in [0.3, 0.4) is 0 Å². The number of fused-ring (bicyclic) bond motifs is 1. The number of hydrogen-bond donors (Lipinski definition) is 2. The third-order valence-corrected chi connectivity index (χ3v) is 4.63. The molecule has 27 heavy (non-hydrogen) atoms. The summed E-state index contributed by atoms with van der Waals surface area (Å²) in [7, 11) is 0. The second-order valence-electron chi connectivity index (χ2n) is 5.59. The quantitative estimate of drug-likeness (QED) is 0.318. The van der Waals surface area contributed by atoms with Crippen molar-refractivity contribution in [2.24, 2.45) is 0 Å². The zero-order chi connectivity index (χ0) is 18.8. The van der Waals surface area contributed by atoms with Crippen LogP contribution >= 0.6 is 34.8 Å². The highest BCUT2D eigenvalue weighted by atomic mass is 127. The molecule has 6 nitrogen and oxygen atoms in total. The van der Waals surface area contributed by atoms with Crippen LogP contribution in [-0.4, -0.2) is 16.0 Å². The number of halogens is 1. The number of thiocarbonyl (C=S) groups is 1. The van der Waals surface area contributed by atoms with Crippen molar-refractivity contribution in [2.45, 2.75) is 0 Å². The predicted molar refractivity (Wildman–Crippen MR) is 115 cm³/mol. The molecule has 0 saturated heterocycles. The maximum Gasteiger partial charge on any atom is 0.293 e. The molecule has 0 saturated carbocycles. The number of rotatable bonds is 3. The van der Waals surface area contributed by atoms with Gasteiger partial charge in [0.05, 0.1) is 6.26 Å². The Morgan fingerprint density at radius 2 is 1.93 bits per heavy atom. The van der Waals surface area contributed by atoms with Crippen LogP contribution in [0, 0.1) is 3.57 Å². The molecule has 0 aliphatic rings. The topological polar surface area (TPSA) is 80.3 Å². The Labute approximate surface area is 173 Å². The van der Waals surface area contributed by atoms with E-state index in [-0.39, 0.29) is 10.9 Å². The smallest absolute Gasteiger partial charge is 0.293 e. The summed E-state index contributed by atoms with van der Waals surface area (Å²) in [6.45, 7) is 0. The van der Waals surface area contributed by atoms with Gasteiger partial charge in [-0.05, 0) is 89.4 Å². The number of anilines is 1. The van der Waals surface area contributed by atoms with Crippen LogP contribution in [0.5, 0.6) is 0 Å². The molecule has 1 amide bonds. The number of nitrogens with one attached hydrogen (secondary N) is 2. The van der Waals surface area contributed by atoms with Crippen molar-refractivity contribution >= 4 is 62.6 Å². The summed E-state index contributed by atoms with van der Waals surface area (Å²) in [6, 6.07) is 16.5. The third kappa shape index (κ3) is 4.01. The molecule has 4 aromatic rings. The van der Waals surface area contributed by atoms with Crippen molar-refractivity contribution in [3.63, 3.8) is 0 Å². The highest BCUT2D eigenvalue weighted by molar-refractivity contribution is 14.1. The van der Waals surface area contributed by atoms with E-state index in [2.05, 4.69) is 38.2 Å². The molecule has 0 aliphatic carbocycles. The van der Waals surface area contributed by atoms with Crippen LogP contribution in [-0.2, 0) is 0 Å². The maximum atomic E-state index is 11.9. The van der Waals surface area contributed by atoms with Crippen molar-refractivity contribution in [3.8, 4) is 11.5 Å². The Bertz CT molecular complexity index is 1120. The van der Waals surface area contributed by atoms with E-state index in [0.29, 0.717) is 22.7 Å². The summed E-state index contributed by atoms with van der Waals surface area (Å²) in [5, 5.41) is 5.68. The van der Waals surface area contributed by atoms with Gasteiger partial charge in [0, 0.05) is 14.8 Å². The number of nitrogens with zero attached hydrogens (tertiary/aromatic N) is 1. The second kappa shape index (κ2) is 7.49. The van der Waals surface area contributed by atoms with Gasteiger partial charge in [0.1, 0.15) is 5.52 Å². The van der Waals surface area contributed by atoms with Gasteiger partial charge < -0.3 is 14.2 Å². The minimum atomic E-state index is -0.416. The lowest BCUT2D eigenvalue weighted by molar-refractivity contribution is 0.0950. The normalized spacial score (nSPS) is 10.7. The van der Waals surface area contributed by atoms with Gasteiger partial charge in [0.2, 0.25) is 5.89 Å². The lowest BCUT2D eigenvalue weighted by atomic mass is 10.2. The molecule has 8 heteroatoms. The van der Waals surface area contributed by atoms with Crippen molar-refractivity contribution < 1.29 is 13.6 Å². The number of aromatic nitrogens is 1. The highest BCUT2D eigenvalue weighted by Gasteiger charge is 2.12. The van der Waals surface area contributed by atoms with Crippen LogP contribution in [0.15, 0.2) is 69.7 Å². The lowest BCUT2D eigenvalue weighted by Crippen LogP contribution is -2.33. The molecular formula is C19H12IN3O3S. The zero-order valence-electron chi connectivity index (χ0n) is 13.7. The third-order valence-electron chi connectivity index (χ3n) is 3.71. The largest absolute Gasteiger partial charge is 0.459 e. The number of carbonyl (C=O) groups is 1. The van der Waals surface area contributed by atoms with Gasteiger partial charge in [0.25, 0.3) is 5.91 Å². The molecular weight excluding hydrogens is 477 g/mol. The van der Waals surface area contributed by atoms with E-state index in [9.17, 15) is 4.79 Å². The summed E-state index contributed by atoms with van der Waals surface area (Å²) < 4.78 is 12.0. The van der Waals surface area contributed by atoms with Crippen LogP contribution in [0.1, 0.15) is 10.6 Å². The Morgan fingerprint density at radius 3 is 2.67 bits per heavy atom. The summed E-state index contributed by atoms with van der Waals surface area (Å²) in [4.78, 5) is 16.5. The van der Waals surface area contributed by atoms with Crippen LogP contribution < -0.4 is 10.6 Å². The molecule has 0 atom stereocenters. The Hall–Kier alpha value is -2.72. The standard InChI is InChI=1S/C19H12IN3O3S/c20-12-5-3-11(4-6-12)18-22-14-10-13(7-8-15(14)26-18)21-19(27)23-17(24)16-2-1-9-25-16/h1-10H,(H2,21,23,24,27). The average molecular weight is 489 g/mol. The number of hydrogen-bond acceptors (Lipinski definition) is 5. The van der Waals surface area contributed by atoms with Gasteiger partial charge in [-0.15, -0.1) is 0 Å². The van der Waals surface area contributed by atoms with E-state index in [1.165, 1.54) is 6.26 Å². The molecule has 0 fully saturated rings. The van der Waals surface area contributed by atoms with Crippen molar-refractivity contribution in [1.29, 1.82) is 0 Å². The number of furan rings is 1. The molecule has 2 aromatic heterocycles. The Balaban J connectivity index is 1.50. The monoisotopic (exact) mass is 489 g/mol. The molecule has 134 valence electrons. The van der Waals surface area contributed by atoms with E-state index in [1.54, 1.807) is 30.3 Å². The first-order valence-electron chi connectivity index (χ1n) is 7.91. The molecule has 0 radical (unpaired) electrons. The number of carbonyl (C=O) groups excluding carboxylic acids is 1. The van der Waals surface area contributed by atoms with Crippen LogP contribution in [0.25, 0.3) is 22.6 Å². The van der Waals surface area contributed by atoms with Gasteiger partial charge in [0.15, 0.2) is 16.5 Å². The fraction of sp³-hybridized carbons (Fsp3) is 0. The number of benzene rings is 2. The fourth-order valence-corrected chi connectivity index (χ4v) is 3.03. The first kappa shape index (κ1) is 17.7. The predicted octanol–water partition coefficient (Wildman–Crippen LogP) is 4.82. The SMILES string of the molecule is O=C(NC(=S)Nc1ccc2oc(-c3ccc(I)cc3)nc2c1)c1ccco1. The fourth-order valence-electron chi connectivity index (χ4n) is 2.46. The summed E-state index contributed by atoms with van der Waals surface area (Å²) in [6.07, 6.45) is 1.43. The van der Waals surface area contributed by atoms with Gasteiger partial charge in [-0.25, -0.2) is 4.98 Å². The maximum absolute atomic E-state index is 11.9. The van der Waals surface area contributed by atoms with Crippen LogP contribution in [0.4, 0.5) is 5.69 Å². The average Bonchev–Trinajstić information content (AvgIpc) is 3.31. The van der Waals surface area contributed by atoms with E-state index in [4.69, 9.17) is 21.1 Å². The molecule has 2 heterocycles. The van der Waals surface area contributed by atoms with E-state index >= 15 is 0 Å². The van der Waals surface area contributed by atoms with Gasteiger partial charge in [-0.1, -0.05) is 0 Å². The molecule has 4 rings (SSSR count). The second-order valence-corrected chi connectivity index (χ2v) is 7.25. The lowest BCUT2D eigenvalue weighted by Gasteiger charge is -2.08. The summed E-state index contributed by atoms with van der Waals surface area (Å²) in [5.41, 5.74) is 2.95.